The molecule has 0 atom stereocenters. The van der Waals surface area contributed by atoms with Gasteiger partial charge in [-0.15, -0.1) is 0 Å². The number of rotatable bonds is 1. The van der Waals surface area contributed by atoms with Crippen LogP contribution in [-0.2, 0) is 5.41 Å². The van der Waals surface area contributed by atoms with Crippen molar-refractivity contribution in [2.75, 3.05) is 0 Å². The third-order valence-electron chi connectivity index (χ3n) is 7.52. The van der Waals surface area contributed by atoms with E-state index in [1.54, 1.807) is 0 Å². The van der Waals surface area contributed by atoms with Gasteiger partial charge in [0.25, 0.3) is 0 Å². The third-order valence-corrected chi connectivity index (χ3v) is 7.52. The predicted molar refractivity (Wildman–Crippen MR) is 139 cm³/mol. The van der Waals surface area contributed by atoms with Crippen molar-refractivity contribution < 1.29 is 4.42 Å². The molecule has 0 fully saturated rings. The van der Waals surface area contributed by atoms with E-state index in [1.807, 2.05) is 0 Å². The Labute approximate surface area is 193 Å². The van der Waals surface area contributed by atoms with E-state index in [2.05, 4.69) is 112 Å². The van der Waals surface area contributed by atoms with Gasteiger partial charge in [0.1, 0.15) is 11.2 Å². The molecule has 0 N–H and O–H groups in total. The topological polar surface area (TPSA) is 13.1 Å². The van der Waals surface area contributed by atoms with Crippen LogP contribution in [0.2, 0.25) is 0 Å². The lowest BCUT2D eigenvalue weighted by Crippen LogP contribution is -2.15. The molecule has 0 radical (unpaired) electrons. The monoisotopic (exact) mass is 424 g/mol. The Kier molecular flexibility index (Phi) is 3.60. The fourth-order valence-electron chi connectivity index (χ4n) is 5.76. The van der Waals surface area contributed by atoms with Crippen molar-refractivity contribution in [1.82, 2.24) is 0 Å². The first-order valence-electron chi connectivity index (χ1n) is 11.6. The van der Waals surface area contributed by atoms with Gasteiger partial charge in [0.05, 0.1) is 0 Å². The Morgan fingerprint density at radius 2 is 1.30 bits per heavy atom. The zero-order chi connectivity index (χ0) is 22.3. The Balaban J connectivity index is 1.44. The van der Waals surface area contributed by atoms with Crippen LogP contribution in [0.15, 0.2) is 95.4 Å². The zero-order valence-corrected chi connectivity index (χ0v) is 19.1. The SMILES string of the molecule is Cc1ccc2c(c1)C(C)(C)c1cc(-c3ccc4oc5ccc6ccccc6c5c4c3)ccc1-2. The molecule has 0 saturated carbocycles. The van der Waals surface area contributed by atoms with Crippen molar-refractivity contribution >= 4 is 32.7 Å². The highest BCUT2D eigenvalue weighted by Crippen LogP contribution is 2.50. The lowest BCUT2D eigenvalue weighted by molar-refractivity contribution is 0.660. The average molecular weight is 425 g/mol. The molecule has 0 saturated heterocycles. The molecular formula is C32H24O. The molecule has 1 aliphatic rings. The fraction of sp³-hybridized carbons (Fsp3) is 0.125. The van der Waals surface area contributed by atoms with E-state index in [0.717, 1.165) is 11.2 Å². The Bertz CT molecular complexity index is 1750. The van der Waals surface area contributed by atoms with Gasteiger partial charge >= 0.3 is 0 Å². The normalized spacial score (nSPS) is 14.2. The standard InChI is InChI=1S/C32H24O/c1-19-8-12-24-25-13-9-22(18-28(25)32(2,3)27(24)16-19)21-11-14-29-26(17-21)31-23-7-5-4-6-20(23)10-15-30(31)33-29/h4-18H,1-3H3. The minimum atomic E-state index is -0.00463. The number of furan rings is 1. The third kappa shape index (κ3) is 2.54. The van der Waals surface area contributed by atoms with Crippen LogP contribution in [0, 0.1) is 6.92 Å². The first kappa shape index (κ1) is 18.7. The molecule has 5 aromatic carbocycles. The number of aryl methyl sites for hydroxylation is 1. The Hall–Kier alpha value is -3.84. The van der Waals surface area contributed by atoms with Crippen LogP contribution < -0.4 is 0 Å². The molecule has 0 amide bonds. The number of hydrogen-bond acceptors (Lipinski definition) is 1. The molecule has 7 rings (SSSR count). The largest absolute Gasteiger partial charge is 0.456 e. The molecule has 0 unspecified atom stereocenters. The minimum absolute atomic E-state index is 0.00463. The first-order valence-corrected chi connectivity index (χ1v) is 11.6. The molecule has 158 valence electrons. The first-order chi connectivity index (χ1) is 16.0. The van der Waals surface area contributed by atoms with Crippen molar-refractivity contribution in [1.29, 1.82) is 0 Å². The van der Waals surface area contributed by atoms with Gasteiger partial charge < -0.3 is 4.42 Å². The van der Waals surface area contributed by atoms with Gasteiger partial charge in [-0.1, -0.05) is 86.1 Å². The van der Waals surface area contributed by atoms with Crippen LogP contribution in [-0.4, -0.2) is 0 Å². The maximum atomic E-state index is 6.21. The Morgan fingerprint density at radius 3 is 2.18 bits per heavy atom. The highest BCUT2D eigenvalue weighted by atomic mass is 16.3. The molecule has 6 aromatic rings. The summed E-state index contributed by atoms with van der Waals surface area (Å²) in [6.07, 6.45) is 0. The summed E-state index contributed by atoms with van der Waals surface area (Å²) in [5, 5.41) is 4.87. The molecule has 33 heavy (non-hydrogen) atoms. The smallest absolute Gasteiger partial charge is 0.136 e. The molecule has 1 aliphatic carbocycles. The maximum Gasteiger partial charge on any atom is 0.136 e. The summed E-state index contributed by atoms with van der Waals surface area (Å²) in [5.74, 6) is 0. The summed E-state index contributed by atoms with van der Waals surface area (Å²) in [6.45, 7) is 6.87. The highest BCUT2D eigenvalue weighted by molar-refractivity contribution is 6.19. The summed E-state index contributed by atoms with van der Waals surface area (Å²) >= 11 is 0. The molecular weight excluding hydrogens is 400 g/mol. The van der Waals surface area contributed by atoms with Gasteiger partial charge in [0.15, 0.2) is 0 Å². The van der Waals surface area contributed by atoms with Crippen molar-refractivity contribution in [3.05, 3.63) is 108 Å². The predicted octanol–water partition coefficient (Wildman–Crippen LogP) is 9.02. The van der Waals surface area contributed by atoms with Crippen molar-refractivity contribution in [2.24, 2.45) is 0 Å². The van der Waals surface area contributed by atoms with E-state index < -0.39 is 0 Å². The van der Waals surface area contributed by atoms with Crippen molar-refractivity contribution in [3.8, 4) is 22.3 Å². The molecule has 0 aliphatic heterocycles. The van der Waals surface area contributed by atoms with E-state index in [1.165, 1.54) is 60.5 Å². The van der Waals surface area contributed by atoms with Gasteiger partial charge in [0.2, 0.25) is 0 Å². The second kappa shape index (κ2) is 6.36. The fourth-order valence-corrected chi connectivity index (χ4v) is 5.76. The highest BCUT2D eigenvalue weighted by Gasteiger charge is 2.35. The zero-order valence-electron chi connectivity index (χ0n) is 19.1. The molecule has 0 spiro atoms. The van der Waals surface area contributed by atoms with Crippen LogP contribution in [0.5, 0.6) is 0 Å². The van der Waals surface area contributed by atoms with Crippen LogP contribution >= 0.6 is 0 Å². The lowest BCUT2D eigenvalue weighted by Gasteiger charge is -2.22. The second-order valence-corrected chi connectivity index (χ2v) is 9.91. The molecule has 1 heterocycles. The molecule has 0 bridgehead atoms. The molecule has 1 nitrogen and oxygen atoms in total. The van der Waals surface area contributed by atoms with E-state index in [0.29, 0.717) is 0 Å². The van der Waals surface area contributed by atoms with Crippen LogP contribution in [0.25, 0.3) is 55.0 Å². The van der Waals surface area contributed by atoms with Crippen molar-refractivity contribution in [3.63, 3.8) is 0 Å². The average Bonchev–Trinajstić information content (AvgIpc) is 3.31. The number of benzene rings is 5. The number of hydrogen-bond donors (Lipinski definition) is 0. The summed E-state index contributed by atoms with van der Waals surface area (Å²) in [4.78, 5) is 0. The summed E-state index contributed by atoms with van der Waals surface area (Å²) in [5.41, 5.74) is 11.2. The van der Waals surface area contributed by atoms with Crippen LogP contribution in [0.1, 0.15) is 30.5 Å². The van der Waals surface area contributed by atoms with Gasteiger partial charge in [-0.3, -0.25) is 0 Å². The van der Waals surface area contributed by atoms with Gasteiger partial charge in [-0.2, -0.15) is 0 Å². The lowest BCUT2D eigenvalue weighted by atomic mass is 9.81. The van der Waals surface area contributed by atoms with Crippen LogP contribution in [0.4, 0.5) is 0 Å². The maximum absolute atomic E-state index is 6.21. The molecule has 1 heteroatoms. The van der Waals surface area contributed by atoms with E-state index >= 15 is 0 Å². The summed E-state index contributed by atoms with van der Waals surface area (Å²) < 4.78 is 6.21. The van der Waals surface area contributed by atoms with E-state index in [-0.39, 0.29) is 5.41 Å². The van der Waals surface area contributed by atoms with Gasteiger partial charge in [0, 0.05) is 16.2 Å². The quantitative estimate of drug-likeness (QED) is 0.257. The van der Waals surface area contributed by atoms with E-state index in [9.17, 15) is 0 Å². The second-order valence-electron chi connectivity index (χ2n) is 9.91. The Morgan fingerprint density at radius 1 is 0.606 bits per heavy atom. The number of fused-ring (bicyclic) bond motifs is 8. The van der Waals surface area contributed by atoms with Gasteiger partial charge in [-0.05, 0) is 75.3 Å². The summed E-state index contributed by atoms with van der Waals surface area (Å²) in [6, 6.07) is 33.2. The summed E-state index contributed by atoms with van der Waals surface area (Å²) in [7, 11) is 0. The minimum Gasteiger partial charge on any atom is -0.456 e. The van der Waals surface area contributed by atoms with Gasteiger partial charge in [-0.25, -0.2) is 0 Å². The van der Waals surface area contributed by atoms with Crippen LogP contribution in [0.3, 0.4) is 0 Å². The van der Waals surface area contributed by atoms with Crippen molar-refractivity contribution in [2.45, 2.75) is 26.2 Å². The van der Waals surface area contributed by atoms with E-state index in [4.69, 9.17) is 4.42 Å². The molecule has 1 aromatic heterocycles.